The zero-order valence-corrected chi connectivity index (χ0v) is 9.93. The third-order valence-corrected chi connectivity index (χ3v) is 2.58. The van der Waals surface area contributed by atoms with Crippen molar-refractivity contribution in [3.05, 3.63) is 5.82 Å². The van der Waals surface area contributed by atoms with Crippen LogP contribution in [0.25, 0.3) is 0 Å². The molecule has 0 aliphatic heterocycles. The fourth-order valence-corrected chi connectivity index (χ4v) is 1.42. The summed E-state index contributed by atoms with van der Waals surface area (Å²) >= 11 is 1.15. The molecule has 0 aromatic carbocycles. The van der Waals surface area contributed by atoms with Crippen molar-refractivity contribution in [1.29, 1.82) is 0 Å². The standard InChI is InChI=1S/C9H15N3O2S/c1-4-6(2)10-8(13)5-14-9-11-7(3)12-15-9/h6H,4-5H2,1-3H3,(H,10,13). The van der Waals surface area contributed by atoms with Gasteiger partial charge in [0.25, 0.3) is 11.1 Å². The van der Waals surface area contributed by atoms with Crippen molar-refractivity contribution >= 4 is 17.4 Å². The van der Waals surface area contributed by atoms with Gasteiger partial charge in [0, 0.05) is 17.6 Å². The van der Waals surface area contributed by atoms with Gasteiger partial charge in [-0.05, 0) is 20.3 Å². The van der Waals surface area contributed by atoms with Crippen molar-refractivity contribution in [2.24, 2.45) is 0 Å². The molecule has 6 heteroatoms. The van der Waals surface area contributed by atoms with Gasteiger partial charge in [0.15, 0.2) is 6.61 Å². The van der Waals surface area contributed by atoms with E-state index in [9.17, 15) is 4.79 Å². The number of ether oxygens (including phenoxy) is 1. The molecular formula is C9H15N3O2S. The summed E-state index contributed by atoms with van der Waals surface area (Å²) in [7, 11) is 0. The van der Waals surface area contributed by atoms with E-state index in [4.69, 9.17) is 4.74 Å². The predicted octanol–water partition coefficient (Wildman–Crippen LogP) is 1.14. The van der Waals surface area contributed by atoms with E-state index < -0.39 is 0 Å². The first kappa shape index (κ1) is 11.9. The second kappa shape index (κ2) is 5.65. The highest BCUT2D eigenvalue weighted by atomic mass is 32.1. The van der Waals surface area contributed by atoms with E-state index in [1.54, 1.807) is 6.92 Å². The summed E-state index contributed by atoms with van der Waals surface area (Å²) in [4.78, 5) is 15.3. The topological polar surface area (TPSA) is 64.1 Å². The third-order valence-electron chi connectivity index (χ3n) is 1.86. The number of amides is 1. The summed E-state index contributed by atoms with van der Waals surface area (Å²) in [6.45, 7) is 5.74. The molecule has 0 fully saturated rings. The Kier molecular flexibility index (Phi) is 4.48. The molecule has 1 N–H and O–H groups in total. The Hall–Kier alpha value is -1.17. The lowest BCUT2D eigenvalue weighted by atomic mass is 10.2. The van der Waals surface area contributed by atoms with E-state index >= 15 is 0 Å². The van der Waals surface area contributed by atoms with Crippen LogP contribution in [0.3, 0.4) is 0 Å². The van der Waals surface area contributed by atoms with Crippen molar-refractivity contribution in [1.82, 2.24) is 14.7 Å². The van der Waals surface area contributed by atoms with E-state index in [2.05, 4.69) is 14.7 Å². The molecule has 1 rings (SSSR count). The number of carbonyl (C=O) groups excluding carboxylic acids is 1. The maximum Gasteiger partial charge on any atom is 0.293 e. The highest BCUT2D eigenvalue weighted by Gasteiger charge is 2.08. The van der Waals surface area contributed by atoms with Crippen molar-refractivity contribution in [3.8, 4) is 5.19 Å². The highest BCUT2D eigenvalue weighted by molar-refractivity contribution is 7.07. The van der Waals surface area contributed by atoms with E-state index in [0.29, 0.717) is 11.0 Å². The van der Waals surface area contributed by atoms with Gasteiger partial charge in [-0.15, -0.1) is 0 Å². The molecule has 1 heterocycles. The first-order chi connectivity index (χ1) is 7.11. The summed E-state index contributed by atoms with van der Waals surface area (Å²) in [5.41, 5.74) is 0. The van der Waals surface area contributed by atoms with E-state index in [-0.39, 0.29) is 18.6 Å². The molecule has 0 saturated carbocycles. The van der Waals surface area contributed by atoms with Crippen LogP contribution < -0.4 is 10.1 Å². The maximum absolute atomic E-state index is 11.3. The van der Waals surface area contributed by atoms with Crippen molar-refractivity contribution in [2.75, 3.05) is 6.61 Å². The normalized spacial score (nSPS) is 12.2. The zero-order valence-electron chi connectivity index (χ0n) is 9.11. The number of nitrogens with one attached hydrogen (secondary N) is 1. The van der Waals surface area contributed by atoms with Crippen molar-refractivity contribution < 1.29 is 9.53 Å². The molecule has 1 aromatic heterocycles. The van der Waals surface area contributed by atoms with Gasteiger partial charge in [-0.3, -0.25) is 4.79 Å². The minimum atomic E-state index is -0.128. The highest BCUT2D eigenvalue weighted by Crippen LogP contribution is 2.12. The number of aromatic nitrogens is 2. The second-order valence-corrected chi connectivity index (χ2v) is 3.99. The van der Waals surface area contributed by atoms with Crippen LogP contribution in [0.5, 0.6) is 5.19 Å². The molecule has 0 saturated heterocycles. The second-order valence-electron chi connectivity index (χ2n) is 3.27. The van der Waals surface area contributed by atoms with Gasteiger partial charge in [0.1, 0.15) is 5.82 Å². The van der Waals surface area contributed by atoms with Gasteiger partial charge in [-0.25, -0.2) is 0 Å². The minimum absolute atomic E-state index is 0.00102. The molecule has 0 spiro atoms. The number of rotatable bonds is 5. The SMILES string of the molecule is CCC(C)NC(=O)COc1nc(C)ns1. The van der Waals surface area contributed by atoms with Crippen LogP contribution in [0.1, 0.15) is 26.1 Å². The summed E-state index contributed by atoms with van der Waals surface area (Å²) < 4.78 is 9.11. The Morgan fingerprint density at radius 1 is 1.67 bits per heavy atom. The number of nitrogens with zero attached hydrogens (tertiary/aromatic N) is 2. The van der Waals surface area contributed by atoms with Gasteiger partial charge in [0.05, 0.1) is 0 Å². The van der Waals surface area contributed by atoms with Gasteiger partial charge < -0.3 is 10.1 Å². The molecule has 15 heavy (non-hydrogen) atoms. The number of aryl methyl sites for hydroxylation is 1. The molecule has 1 unspecified atom stereocenters. The Morgan fingerprint density at radius 3 is 2.93 bits per heavy atom. The van der Waals surface area contributed by atoms with E-state index in [1.165, 1.54) is 0 Å². The first-order valence-corrected chi connectivity index (χ1v) is 5.61. The molecule has 84 valence electrons. The average Bonchev–Trinajstić information content (AvgIpc) is 2.61. The first-order valence-electron chi connectivity index (χ1n) is 4.84. The monoisotopic (exact) mass is 229 g/mol. The van der Waals surface area contributed by atoms with Crippen molar-refractivity contribution in [2.45, 2.75) is 33.2 Å². The van der Waals surface area contributed by atoms with E-state index in [0.717, 1.165) is 18.0 Å². The molecule has 0 aliphatic rings. The van der Waals surface area contributed by atoms with Gasteiger partial charge in [-0.2, -0.15) is 9.36 Å². The van der Waals surface area contributed by atoms with Crippen LogP contribution in [0.2, 0.25) is 0 Å². The Bertz CT molecular complexity index is 327. The van der Waals surface area contributed by atoms with Gasteiger partial charge >= 0.3 is 0 Å². The zero-order chi connectivity index (χ0) is 11.3. The Labute approximate surface area is 93.0 Å². The largest absolute Gasteiger partial charge is 0.459 e. The Morgan fingerprint density at radius 2 is 2.40 bits per heavy atom. The summed E-state index contributed by atoms with van der Waals surface area (Å²) in [5.74, 6) is 0.537. The smallest absolute Gasteiger partial charge is 0.293 e. The summed E-state index contributed by atoms with van der Waals surface area (Å²) in [5, 5.41) is 3.24. The minimum Gasteiger partial charge on any atom is -0.459 e. The molecule has 0 bridgehead atoms. The molecule has 0 aliphatic carbocycles. The predicted molar refractivity (Wildman–Crippen MR) is 58.0 cm³/mol. The lowest BCUT2D eigenvalue weighted by molar-refractivity contribution is -0.123. The molecule has 1 amide bonds. The molecule has 5 nitrogen and oxygen atoms in total. The van der Waals surface area contributed by atoms with Crippen LogP contribution in [0.4, 0.5) is 0 Å². The van der Waals surface area contributed by atoms with Crippen LogP contribution >= 0.6 is 11.5 Å². The molecule has 0 radical (unpaired) electrons. The molecule has 1 atom stereocenters. The summed E-state index contributed by atoms with van der Waals surface area (Å²) in [6.07, 6.45) is 0.906. The Balaban J connectivity index is 2.28. The molecular weight excluding hydrogens is 214 g/mol. The molecule has 1 aromatic rings. The van der Waals surface area contributed by atoms with Crippen LogP contribution in [-0.4, -0.2) is 27.9 Å². The maximum atomic E-state index is 11.3. The third kappa shape index (κ3) is 4.24. The fourth-order valence-electron chi connectivity index (χ4n) is 0.883. The lowest BCUT2D eigenvalue weighted by Gasteiger charge is -2.10. The average molecular weight is 229 g/mol. The van der Waals surface area contributed by atoms with E-state index in [1.807, 2.05) is 13.8 Å². The quantitative estimate of drug-likeness (QED) is 0.822. The van der Waals surface area contributed by atoms with Crippen molar-refractivity contribution in [3.63, 3.8) is 0 Å². The van der Waals surface area contributed by atoms with Gasteiger partial charge in [0.2, 0.25) is 0 Å². The number of hydrogen-bond acceptors (Lipinski definition) is 5. The lowest BCUT2D eigenvalue weighted by Crippen LogP contribution is -2.35. The van der Waals surface area contributed by atoms with Crippen LogP contribution in [0, 0.1) is 6.92 Å². The van der Waals surface area contributed by atoms with Crippen LogP contribution in [-0.2, 0) is 4.79 Å². The fraction of sp³-hybridized carbons (Fsp3) is 0.667. The number of carbonyl (C=O) groups is 1. The summed E-state index contributed by atoms with van der Waals surface area (Å²) in [6, 6.07) is 0.178. The van der Waals surface area contributed by atoms with Crippen LogP contribution in [0.15, 0.2) is 0 Å². The number of hydrogen-bond donors (Lipinski definition) is 1. The van der Waals surface area contributed by atoms with Gasteiger partial charge in [-0.1, -0.05) is 6.92 Å².